The van der Waals surface area contributed by atoms with E-state index in [0.29, 0.717) is 0 Å². The van der Waals surface area contributed by atoms with E-state index < -0.39 is 0 Å². The van der Waals surface area contributed by atoms with Gasteiger partial charge in [0.25, 0.3) is 0 Å². The third kappa shape index (κ3) is 1.51. The van der Waals surface area contributed by atoms with Crippen LogP contribution in [-0.4, -0.2) is 5.91 Å². The Morgan fingerprint density at radius 2 is 2.05 bits per heavy atom. The lowest BCUT2D eigenvalue weighted by Crippen LogP contribution is -2.33. The number of carbonyl (C=O) groups is 1. The van der Waals surface area contributed by atoms with Crippen LogP contribution in [0.3, 0.4) is 0 Å². The van der Waals surface area contributed by atoms with Gasteiger partial charge in [0.15, 0.2) is 0 Å². The third-order valence-corrected chi connectivity index (χ3v) is 3.93. The average molecular weight is 267 g/mol. The van der Waals surface area contributed by atoms with Crippen LogP contribution in [0.4, 0.5) is 0 Å². The summed E-state index contributed by atoms with van der Waals surface area (Å²) in [6.07, 6.45) is 4.90. The third-order valence-electron chi connectivity index (χ3n) is 3.93. The predicted molar refractivity (Wildman–Crippen MR) is 75.2 cm³/mol. The fourth-order valence-corrected chi connectivity index (χ4v) is 2.93. The minimum Gasteiger partial charge on any atom is -0.464 e. The molecule has 0 saturated carbocycles. The van der Waals surface area contributed by atoms with Crippen molar-refractivity contribution in [1.29, 1.82) is 0 Å². The number of carbonyl (C=O) groups excluding carboxylic acids is 1. The lowest BCUT2D eigenvalue weighted by molar-refractivity contribution is -0.122. The topological polar surface area (TPSA) is 55.4 Å². The maximum atomic E-state index is 12.2. The first kappa shape index (κ1) is 11.3. The quantitative estimate of drug-likeness (QED) is 0.731. The largest absolute Gasteiger partial charge is 0.464 e. The molecule has 1 N–H and O–H groups in total. The molecule has 4 nitrogen and oxygen atoms in total. The normalized spacial score (nSPS) is 19.7. The zero-order valence-corrected chi connectivity index (χ0v) is 10.8. The number of furan rings is 2. The van der Waals surface area contributed by atoms with Gasteiger partial charge in [0, 0.05) is 22.0 Å². The van der Waals surface area contributed by atoms with Crippen molar-refractivity contribution >= 4 is 27.8 Å². The smallest absolute Gasteiger partial charge is 0.231 e. The Labute approximate surface area is 115 Å². The van der Waals surface area contributed by atoms with Crippen LogP contribution in [0.1, 0.15) is 24.3 Å². The summed E-state index contributed by atoms with van der Waals surface area (Å²) in [7, 11) is 0. The predicted octanol–water partition coefficient (Wildman–Crippen LogP) is 3.69. The highest BCUT2D eigenvalue weighted by atomic mass is 16.3. The van der Waals surface area contributed by atoms with Crippen molar-refractivity contribution in [2.45, 2.75) is 18.8 Å². The van der Waals surface area contributed by atoms with Gasteiger partial charge in [-0.25, -0.2) is 0 Å². The second-order valence-corrected chi connectivity index (χ2v) is 5.15. The van der Waals surface area contributed by atoms with Crippen molar-refractivity contribution in [3.63, 3.8) is 0 Å². The summed E-state index contributed by atoms with van der Waals surface area (Å²) in [5.74, 6) is -0.202. The molecule has 0 aliphatic carbocycles. The van der Waals surface area contributed by atoms with E-state index in [0.717, 1.165) is 46.0 Å². The molecular formula is C16H13NO3. The maximum Gasteiger partial charge on any atom is 0.231 e. The van der Waals surface area contributed by atoms with Crippen LogP contribution in [0.15, 0.2) is 51.8 Å². The minimum atomic E-state index is -0.192. The number of fused-ring (bicyclic) bond motifs is 3. The van der Waals surface area contributed by atoms with Gasteiger partial charge in [0.05, 0.1) is 18.4 Å². The van der Waals surface area contributed by atoms with Gasteiger partial charge < -0.3 is 14.2 Å². The lowest BCUT2D eigenvalue weighted by atomic mass is 9.89. The van der Waals surface area contributed by atoms with Gasteiger partial charge in [-0.1, -0.05) is 6.58 Å². The molecule has 1 fully saturated rings. The van der Waals surface area contributed by atoms with E-state index in [1.54, 1.807) is 12.5 Å². The second-order valence-electron chi connectivity index (χ2n) is 5.15. The van der Waals surface area contributed by atoms with Gasteiger partial charge in [-0.05, 0) is 31.0 Å². The summed E-state index contributed by atoms with van der Waals surface area (Å²) in [4.78, 5) is 12.2. The Morgan fingerprint density at radius 1 is 1.20 bits per heavy atom. The number of piperidine rings is 1. The number of rotatable bonds is 1. The van der Waals surface area contributed by atoms with Gasteiger partial charge in [0.1, 0.15) is 11.2 Å². The maximum absolute atomic E-state index is 12.2. The average Bonchev–Trinajstić information content (AvgIpc) is 3.03. The molecule has 1 saturated heterocycles. The molecule has 20 heavy (non-hydrogen) atoms. The van der Waals surface area contributed by atoms with E-state index >= 15 is 0 Å². The molecule has 0 spiro atoms. The van der Waals surface area contributed by atoms with Gasteiger partial charge >= 0.3 is 0 Å². The molecule has 4 heteroatoms. The van der Waals surface area contributed by atoms with Crippen molar-refractivity contribution in [2.75, 3.05) is 0 Å². The van der Waals surface area contributed by atoms with E-state index in [2.05, 4.69) is 11.9 Å². The minimum absolute atomic E-state index is 0.00977. The number of hydrogen-bond acceptors (Lipinski definition) is 3. The molecular weight excluding hydrogens is 254 g/mol. The van der Waals surface area contributed by atoms with Crippen LogP contribution in [0.2, 0.25) is 0 Å². The Balaban J connectivity index is 1.93. The van der Waals surface area contributed by atoms with E-state index in [4.69, 9.17) is 8.83 Å². The molecule has 1 atom stereocenters. The molecule has 100 valence electrons. The highest BCUT2D eigenvalue weighted by Crippen LogP contribution is 2.37. The van der Waals surface area contributed by atoms with E-state index in [9.17, 15) is 4.79 Å². The van der Waals surface area contributed by atoms with Crippen LogP contribution < -0.4 is 5.32 Å². The lowest BCUT2D eigenvalue weighted by Gasteiger charge is -2.22. The number of nitrogens with one attached hydrogen (secondary N) is 1. The highest BCUT2D eigenvalue weighted by Gasteiger charge is 2.29. The van der Waals surface area contributed by atoms with Crippen LogP contribution in [-0.2, 0) is 4.79 Å². The standard InChI is InChI=1S/C16H13NO3/c1-9-2-3-10(16(18)17-9)12-8-20-14-5-4-13-11(15(12)14)6-7-19-13/h4-8,10H,1-3H2,(H,17,18)/t10-/m1/s1. The molecule has 1 aliphatic heterocycles. The Kier molecular flexibility index (Phi) is 2.27. The van der Waals surface area contributed by atoms with Crippen LogP contribution in [0.5, 0.6) is 0 Å². The Bertz CT molecular complexity index is 840. The van der Waals surface area contributed by atoms with Gasteiger partial charge in [-0.3, -0.25) is 4.79 Å². The molecule has 4 rings (SSSR count). The van der Waals surface area contributed by atoms with Crippen molar-refractivity contribution in [3.8, 4) is 0 Å². The highest BCUT2D eigenvalue weighted by molar-refractivity contribution is 6.07. The summed E-state index contributed by atoms with van der Waals surface area (Å²) in [5.41, 5.74) is 3.30. The first-order valence-electron chi connectivity index (χ1n) is 6.60. The van der Waals surface area contributed by atoms with E-state index in [1.807, 2.05) is 18.2 Å². The number of benzene rings is 1. The fraction of sp³-hybridized carbons (Fsp3) is 0.188. The molecule has 1 amide bonds. The molecule has 0 unspecified atom stereocenters. The van der Waals surface area contributed by atoms with Crippen molar-refractivity contribution < 1.29 is 13.6 Å². The van der Waals surface area contributed by atoms with Crippen molar-refractivity contribution in [3.05, 3.63) is 48.6 Å². The second kappa shape index (κ2) is 4.00. The summed E-state index contributed by atoms with van der Waals surface area (Å²) in [6.45, 7) is 3.81. The van der Waals surface area contributed by atoms with Crippen LogP contribution >= 0.6 is 0 Å². The summed E-state index contributed by atoms with van der Waals surface area (Å²) in [5, 5.41) is 4.79. The first-order chi connectivity index (χ1) is 9.74. The van der Waals surface area contributed by atoms with Crippen LogP contribution in [0, 0.1) is 0 Å². The van der Waals surface area contributed by atoms with E-state index in [-0.39, 0.29) is 11.8 Å². The fourth-order valence-electron chi connectivity index (χ4n) is 2.93. The van der Waals surface area contributed by atoms with Gasteiger partial charge in [-0.2, -0.15) is 0 Å². The Morgan fingerprint density at radius 3 is 2.90 bits per heavy atom. The number of amides is 1. The Hall–Kier alpha value is -2.49. The van der Waals surface area contributed by atoms with Gasteiger partial charge in [0.2, 0.25) is 5.91 Å². The van der Waals surface area contributed by atoms with Crippen molar-refractivity contribution in [1.82, 2.24) is 5.32 Å². The summed E-state index contributed by atoms with van der Waals surface area (Å²) in [6, 6.07) is 5.68. The van der Waals surface area contributed by atoms with Gasteiger partial charge in [-0.15, -0.1) is 0 Å². The molecule has 0 bridgehead atoms. The zero-order valence-electron chi connectivity index (χ0n) is 10.8. The number of allylic oxidation sites excluding steroid dienone is 1. The molecule has 2 aromatic heterocycles. The van der Waals surface area contributed by atoms with E-state index in [1.165, 1.54) is 0 Å². The molecule has 3 aromatic rings. The first-order valence-corrected chi connectivity index (χ1v) is 6.60. The summed E-state index contributed by atoms with van der Waals surface area (Å²) >= 11 is 0. The van der Waals surface area contributed by atoms with Crippen LogP contribution in [0.25, 0.3) is 21.9 Å². The SMILES string of the molecule is C=C1CC[C@H](c2coc3ccc4occc4c23)C(=O)N1. The molecule has 1 aliphatic rings. The zero-order chi connectivity index (χ0) is 13.7. The molecule has 1 aromatic carbocycles. The molecule has 3 heterocycles. The van der Waals surface area contributed by atoms with Crippen molar-refractivity contribution in [2.24, 2.45) is 0 Å². The number of hydrogen-bond donors (Lipinski definition) is 1. The monoisotopic (exact) mass is 267 g/mol. The molecule has 0 radical (unpaired) electrons. The summed E-state index contributed by atoms with van der Waals surface area (Å²) < 4.78 is 11.0.